The number of nitrogens with zero attached hydrogens (tertiary/aromatic N) is 1. The van der Waals surface area contributed by atoms with Gasteiger partial charge in [-0.05, 0) is 31.0 Å². The van der Waals surface area contributed by atoms with Crippen LogP contribution >= 0.6 is 0 Å². The minimum Gasteiger partial charge on any atom is -0.455 e. The quantitative estimate of drug-likeness (QED) is 0.323. The number of hydrogen-bond donors (Lipinski definition) is 3. The highest BCUT2D eigenvalue weighted by atomic mass is 16.6. The maximum Gasteiger partial charge on any atom is 0.338 e. The predicted octanol–water partition coefficient (Wildman–Crippen LogP) is 0.648. The number of aliphatic hydroxyl groups excluding tert-OH is 2. The third-order valence-electron chi connectivity index (χ3n) is 13.2. The Morgan fingerprint density at radius 1 is 1.00 bits per heavy atom. The molecule has 1 saturated heterocycles. The Bertz CT molecular complexity index is 1360. The van der Waals surface area contributed by atoms with E-state index in [1.807, 2.05) is 6.92 Å². The van der Waals surface area contributed by atoms with E-state index in [1.165, 1.54) is 14.0 Å². The minimum absolute atomic E-state index is 0.0791. The van der Waals surface area contributed by atoms with Gasteiger partial charge >= 0.3 is 11.9 Å². The Kier molecular flexibility index (Phi) is 7.69. The zero-order chi connectivity index (χ0) is 33.0. The average molecular weight is 646 g/mol. The number of fused-ring (bicyclic) bond motifs is 2. The van der Waals surface area contributed by atoms with E-state index in [4.69, 9.17) is 28.4 Å². The maximum absolute atomic E-state index is 13.8. The fourth-order valence-electron chi connectivity index (χ4n) is 12.3. The predicted molar refractivity (Wildman–Crippen MR) is 160 cm³/mol. The van der Waals surface area contributed by atoms with Crippen molar-refractivity contribution >= 4 is 11.9 Å². The fraction of sp³-hybridized carbons (Fsp3) is 0.765. The summed E-state index contributed by atoms with van der Waals surface area (Å²) in [6, 6.07) is 8.18. The number of piperidine rings is 1. The van der Waals surface area contributed by atoms with Crippen LogP contribution < -0.4 is 0 Å². The van der Waals surface area contributed by atoms with E-state index in [1.54, 1.807) is 51.7 Å². The summed E-state index contributed by atoms with van der Waals surface area (Å²) in [7, 11) is 6.27. The highest BCUT2D eigenvalue weighted by molar-refractivity contribution is 5.89. The smallest absolute Gasteiger partial charge is 0.338 e. The van der Waals surface area contributed by atoms with Gasteiger partial charge in [0.1, 0.15) is 23.9 Å². The van der Waals surface area contributed by atoms with Gasteiger partial charge < -0.3 is 43.7 Å². The number of benzene rings is 1. The Labute approximate surface area is 269 Å². The van der Waals surface area contributed by atoms with Gasteiger partial charge in [0.2, 0.25) is 0 Å². The lowest BCUT2D eigenvalue weighted by atomic mass is 9.42. The molecule has 15 atom stereocenters. The number of carbonyl (C=O) groups is 2. The second kappa shape index (κ2) is 10.9. The SMILES string of the molecule is CCN1CC2(COC)C(O)CC(OC)[C@@]34C5C[C@@]6(O)C(OC(=O)c7ccccc7)C5[C@@](OC(C)=O)(C(C(OC)C23)[C@@H]14)[C@@H](O)C6OC. The molecule has 5 saturated carbocycles. The highest BCUT2D eigenvalue weighted by Gasteiger charge is 2.92. The van der Waals surface area contributed by atoms with E-state index in [2.05, 4.69) is 4.90 Å². The van der Waals surface area contributed by atoms with Gasteiger partial charge in [0.15, 0.2) is 5.60 Å². The molecule has 3 N–H and O–H groups in total. The summed E-state index contributed by atoms with van der Waals surface area (Å²) in [5.74, 6) is -3.65. The molecule has 0 aromatic heterocycles. The molecule has 12 heteroatoms. The zero-order valence-corrected chi connectivity index (χ0v) is 27.3. The number of carbonyl (C=O) groups excluding carboxylic acids is 2. The summed E-state index contributed by atoms with van der Waals surface area (Å²) in [4.78, 5) is 29.3. The van der Waals surface area contributed by atoms with Gasteiger partial charge in [-0.2, -0.15) is 0 Å². The van der Waals surface area contributed by atoms with Crippen LogP contribution in [0.4, 0.5) is 0 Å². The largest absolute Gasteiger partial charge is 0.455 e. The van der Waals surface area contributed by atoms with Crippen molar-refractivity contribution in [3.05, 3.63) is 35.9 Å². The molecule has 254 valence electrons. The van der Waals surface area contributed by atoms with Crippen LogP contribution in [0.3, 0.4) is 0 Å². The topological polar surface area (TPSA) is 153 Å². The number of esters is 2. The summed E-state index contributed by atoms with van der Waals surface area (Å²) in [5, 5.41) is 37.3. The molecule has 7 rings (SSSR count). The number of ether oxygens (including phenoxy) is 6. The number of aliphatic hydroxyl groups is 3. The molecule has 46 heavy (non-hydrogen) atoms. The third-order valence-corrected chi connectivity index (χ3v) is 13.2. The molecule has 1 aromatic rings. The second-order valence-corrected chi connectivity index (χ2v) is 14.4. The van der Waals surface area contributed by atoms with Gasteiger partial charge in [-0.25, -0.2) is 4.79 Å². The molecule has 0 radical (unpaired) electrons. The monoisotopic (exact) mass is 645 g/mol. The van der Waals surface area contributed by atoms with Gasteiger partial charge in [-0.15, -0.1) is 0 Å². The summed E-state index contributed by atoms with van der Waals surface area (Å²) < 4.78 is 37.4. The van der Waals surface area contributed by atoms with Crippen LogP contribution in [0.5, 0.6) is 0 Å². The Hall–Kier alpha value is -2.16. The molecular formula is C34H47NO11. The van der Waals surface area contributed by atoms with Crippen LogP contribution in [-0.2, 0) is 33.2 Å². The van der Waals surface area contributed by atoms with Gasteiger partial charge in [-0.3, -0.25) is 9.69 Å². The van der Waals surface area contributed by atoms with Gasteiger partial charge in [0.05, 0.1) is 30.5 Å². The van der Waals surface area contributed by atoms with Crippen LogP contribution in [0.2, 0.25) is 0 Å². The van der Waals surface area contributed by atoms with Crippen molar-refractivity contribution in [1.82, 2.24) is 4.90 Å². The van der Waals surface area contributed by atoms with Crippen molar-refractivity contribution in [3.8, 4) is 0 Å². The summed E-state index contributed by atoms with van der Waals surface area (Å²) in [6.45, 7) is 4.68. The molecule has 5 aliphatic carbocycles. The Balaban J connectivity index is 1.53. The molecule has 1 spiro atoms. The number of methoxy groups -OCH3 is 4. The standard InChI is InChI=1S/C34H47NO11/c1-7-35-15-31(16-41-3)20(37)13-21(42-4)33-19-14-32(40)28(45-30(39)18-11-9-8-10-12-18)22(19)34(46-17(2)36,27(38)29(32)44-6)23(26(33)35)24(43-5)25(31)33/h8-12,19-29,37-38,40H,7,13-16H2,1-6H3/t19?,20?,21?,22?,23?,24?,25?,26-,27+,28?,29?,31?,32-,33+,34-/m1/s1. The van der Waals surface area contributed by atoms with E-state index in [0.29, 0.717) is 25.1 Å². The van der Waals surface area contributed by atoms with E-state index in [9.17, 15) is 24.9 Å². The Morgan fingerprint density at radius 3 is 2.30 bits per heavy atom. The van der Waals surface area contributed by atoms with Gasteiger partial charge in [0.25, 0.3) is 0 Å². The summed E-state index contributed by atoms with van der Waals surface area (Å²) in [6.07, 6.45) is -5.49. The molecule has 6 aliphatic rings. The van der Waals surface area contributed by atoms with E-state index >= 15 is 0 Å². The van der Waals surface area contributed by atoms with Crippen LogP contribution in [0.15, 0.2) is 30.3 Å². The number of likely N-dealkylation sites (tertiary alicyclic amines) is 1. The molecule has 1 aromatic carbocycles. The molecule has 1 heterocycles. The molecular weight excluding hydrogens is 598 g/mol. The fourth-order valence-corrected chi connectivity index (χ4v) is 12.3. The first kappa shape index (κ1) is 32.4. The van der Waals surface area contributed by atoms with Crippen LogP contribution in [-0.4, -0.2) is 134 Å². The van der Waals surface area contributed by atoms with Gasteiger partial charge in [-0.1, -0.05) is 25.1 Å². The lowest BCUT2D eigenvalue weighted by Crippen LogP contribution is -2.81. The molecule has 6 fully saturated rings. The van der Waals surface area contributed by atoms with E-state index in [-0.39, 0.29) is 25.0 Å². The van der Waals surface area contributed by atoms with E-state index in [0.717, 1.165) is 0 Å². The van der Waals surface area contributed by atoms with Crippen molar-refractivity contribution in [3.63, 3.8) is 0 Å². The van der Waals surface area contributed by atoms with Crippen LogP contribution in [0, 0.1) is 34.5 Å². The molecule has 1 aliphatic heterocycles. The molecule has 7 bridgehead atoms. The minimum atomic E-state index is -1.83. The number of rotatable bonds is 9. The molecule has 10 unspecified atom stereocenters. The average Bonchev–Trinajstić information content (AvgIpc) is 3.41. The van der Waals surface area contributed by atoms with Crippen molar-refractivity contribution in [1.29, 1.82) is 0 Å². The summed E-state index contributed by atoms with van der Waals surface area (Å²) in [5.41, 5.74) is -4.79. The van der Waals surface area contributed by atoms with Gasteiger partial charge in [0, 0.05) is 83.0 Å². The van der Waals surface area contributed by atoms with Crippen LogP contribution in [0.25, 0.3) is 0 Å². The first-order valence-corrected chi connectivity index (χ1v) is 16.3. The second-order valence-electron chi connectivity index (χ2n) is 14.4. The third kappa shape index (κ3) is 3.62. The zero-order valence-electron chi connectivity index (χ0n) is 27.3. The van der Waals surface area contributed by atoms with Crippen molar-refractivity contribution in [2.24, 2.45) is 34.5 Å². The van der Waals surface area contributed by atoms with Crippen molar-refractivity contribution in [2.75, 3.05) is 48.1 Å². The first-order valence-electron chi connectivity index (χ1n) is 16.3. The first-order chi connectivity index (χ1) is 22.0. The normalized spacial score (nSPS) is 49.9. The highest BCUT2D eigenvalue weighted by Crippen LogP contribution is 2.80. The summed E-state index contributed by atoms with van der Waals surface area (Å²) >= 11 is 0. The van der Waals surface area contributed by atoms with Crippen LogP contribution in [0.1, 0.15) is 37.0 Å². The number of hydrogen-bond acceptors (Lipinski definition) is 12. The lowest BCUT2D eigenvalue weighted by molar-refractivity contribution is -0.322. The van der Waals surface area contributed by atoms with E-state index < -0.39 is 88.3 Å². The molecule has 0 amide bonds. The van der Waals surface area contributed by atoms with Crippen molar-refractivity contribution < 1.29 is 53.3 Å². The maximum atomic E-state index is 13.8. The van der Waals surface area contributed by atoms with Crippen molar-refractivity contribution in [2.45, 2.75) is 80.6 Å². The molecule has 12 nitrogen and oxygen atoms in total. The lowest BCUT2D eigenvalue weighted by Gasteiger charge is -2.70. The Morgan fingerprint density at radius 2 is 1.72 bits per heavy atom.